The Morgan fingerprint density at radius 1 is 1.33 bits per heavy atom. The van der Waals surface area contributed by atoms with Gasteiger partial charge in [-0.25, -0.2) is 14.0 Å². The summed E-state index contributed by atoms with van der Waals surface area (Å²) in [7, 11) is 0. The lowest BCUT2D eigenvalue weighted by Crippen LogP contribution is -2.18. The van der Waals surface area contributed by atoms with E-state index < -0.39 is 23.5 Å². The molecule has 0 amide bonds. The highest BCUT2D eigenvalue weighted by molar-refractivity contribution is 6.01. The van der Waals surface area contributed by atoms with Gasteiger partial charge in [0, 0.05) is 0 Å². The molecule has 5 heteroatoms. The monoisotopic (exact) mass is 209 g/mol. The fourth-order valence-corrected chi connectivity index (χ4v) is 0.831. The minimum absolute atomic E-state index is 0.327. The number of nitrogens with two attached hydrogens (primary N) is 1. The first kappa shape index (κ1) is 10.9. The normalized spacial score (nSPS) is 9.40. The van der Waals surface area contributed by atoms with Gasteiger partial charge in [0.1, 0.15) is 11.5 Å². The largest absolute Gasteiger partial charge is 0.393 e. The van der Waals surface area contributed by atoms with Crippen molar-refractivity contribution >= 4 is 11.9 Å². The number of esters is 2. The maximum absolute atomic E-state index is 13.0. The van der Waals surface area contributed by atoms with E-state index in [1.165, 1.54) is 18.2 Å². The van der Waals surface area contributed by atoms with Crippen LogP contribution in [0, 0.1) is 5.82 Å². The van der Waals surface area contributed by atoms with Crippen molar-refractivity contribution in [3.8, 4) is 0 Å². The van der Waals surface area contributed by atoms with Crippen molar-refractivity contribution in [1.29, 1.82) is 0 Å². The zero-order chi connectivity index (χ0) is 11.4. The second-order valence-electron chi connectivity index (χ2n) is 2.68. The Hall–Kier alpha value is -2.17. The Balaban J connectivity index is 2.83. The molecule has 1 rings (SSSR count). The third-order valence-electron chi connectivity index (χ3n) is 1.54. The average Bonchev–Trinajstić information content (AvgIpc) is 2.18. The molecule has 0 unspecified atom stereocenters. The highest BCUT2D eigenvalue weighted by atomic mass is 19.1. The summed E-state index contributed by atoms with van der Waals surface area (Å²) in [5.74, 6) is -2.94. The van der Waals surface area contributed by atoms with Crippen molar-refractivity contribution in [2.75, 3.05) is 0 Å². The SMILES string of the molecule is C=C(N)C(=O)OC(=O)c1ccccc1F. The Morgan fingerprint density at radius 3 is 2.47 bits per heavy atom. The molecule has 0 aliphatic carbocycles. The highest BCUT2D eigenvalue weighted by Gasteiger charge is 2.16. The fourth-order valence-electron chi connectivity index (χ4n) is 0.831. The van der Waals surface area contributed by atoms with Crippen molar-refractivity contribution in [3.63, 3.8) is 0 Å². The number of halogens is 1. The second kappa shape index (κ2) is 4.36. The standard InChI is InChI=1S/C10H8FNO3/c1-6(12)9(13)15-10(14)7-4-2-3-5-8(7)11/h2-5H,1,12H2. The number of ether oxygens (including phenoxy) is 1. The predicted octanol–water partition coefficient (Wildman–Crippen LogP) is 0.982. The van der Waals surface area contributed by atoms with Crippen molar-refractivity contribution in [1.82, 2.24) is 0 Å². The summed E-state index contributed by atoms with van der Waals surface area (Å²) in [6.45, 7) is 3.08. The zero-order valence-corrected chi connectivity index (χ0v) is 7.70. The molecule has 1 aromatic rings. The van der Waals surface area contributed by atoms with Crippen molar-refractivity contribution in [3.05, 3.63) is 47.9 Å². The van der Waals surface area contributed by atoms with Gasteiger partial charge in [-0.2, -0.15) is 0 Å². The molecule has 0 spiro atoms. The number of benzene rings is 1. The van der Waals surface area contributed by atoms with Gasteiger partial charge in [-0.05, 0) is 12.1 Å². The Kier molecular flexibility index (Phi) is 3.17. The molecule has 1 aromatic carbocycles. The molecule has 2 N–H and O–H groups in total. The molecule has 0 aliphatic rings. The summed E-state index contributed by atoms with van der Waals surface area (Å²) < 4.78 is 17.3. The van der Waals surface area contributed by atoms with E-state index >= 15 is 0 Å². The Bertz CT molecular complexity index is 428. The van der Waals surface area contributed by atoms with E-state index in [9.17, 15) is 14.0 Å². The predicted molar refractivity (Wildman–Crippen MR) is 50.1 cm³/mol. The van der Waals surface area contributed by atoms with Gasteiger partial charge in [0.05, 0.1) is 5.56 Å². The lowest BCUT2D eigenvalue weighted by molar-refractivity contribution is -0.133. The maximum atomic E-state index is 13.0. The molecule has 0 aliphatic heterocycles. The third kappa shape index (κ3) is 2.63. The summed E-state index contributed by atoms with van der Waals surface area (Å²) in [6, 6.07) is 5.14. The average molecular weight is 209 g/mol. The van der Waals surface area contributed by atoms with E-state index in [-0.39, 0.29) is 5.56 Å². The smallest absolute Gasteiger partial charge is 0.361 e. The van der Waals surface area contributed by atoms with Crippen molar-refractivity contribution < 1.29 is 18.7 Å². The van der Waals surface area contributed by atoms with Gasteiger partial charge in [-0.1, -0.05) is 18.7 Å². The summed E-state index contributed by atoms with van der Waals surface area (Å²) >= 11 is 0. The molecule has 0 bridgehead atoms. The summed E-state index contributed by atoms with van der Waals surface area (Å²) in [5, 5.41) is 0. The van der Waals surface area contributed by atoms with Crippen LogP contribution in [-0.4, -0.2) is 11.9 Å². The van der Waals surface area contributed by atoms with Gasteiger partial charge in [-0.3, -0.25) is 0 Å². The molecule has 0 saturated heterocycles. The van der Waals surface area contributed by atoms with Gasteiger partial charge < -0.3 is 10.5 Å². The minimum Gasteiger partial charge on any atom is -0.393 e. The fraction of sp³-hybridized carbons (Fsp3) is 0. The number of rotatable bonds is 2. The van der Waals surface area contributed by atoms with E-state index in [0.29, 0.717) is 0 Å². The first-order valence-electron chi connectivity index (χ1n) is 3.98. The first-order chi connectivity index (χ1) is 7.02. The topological polar surface area (TPSA) is 69.4 Å². The van der Waals surface area contributed by atoms with Gasteiger partial charge in [0.25, 0.3) is 0 Å². The Labute approximate surface area is 85.1 Å². The van der Waals surface area contributed by atoms with Crippen molar-refractivity contribution in [2.45, 2.75) is 0 Å². The molecule has 78 valence electrons. The lowest BCUT2D eigenvalue weighted by atomic mass is 10.2. The van der Waals surface area contributed by atoms with Crippen LogP contribution >= 0.6 is 0 Å². The van der Waals surface area contributed by atoms with Crippen LogP contribution in [0.3, 0.4) is 0 Å². The maximum Gasteiger partial charge on any atom is 0.361 e. The molecule has 0 fully saturated rings. The summed E-state index contributed by atoms with van der Waals surface area (Å²) in [4.78, 5) is 22.0. The van der Waals surface area contributed by atoms with Gasteiger partial charge in [0.2, 0.25) is 0 Å². The van der Waals surface area contributed by atoms with Gasteiger partial charge >= 0.3 is 11.9 Å². The van der Waals surface area contributed by atoms with E-state index in [1.807, 2.05) is 0 Å². The Morgan fingerprint density at radius 2 is 1.93 bits per heavy atom. The van der Waals surface area contributed by atoms with Crippen LogP contribution in [0.25, 0.3) is 0 Å². The van der Waals surface area contributed by atoms with Crippen LogP contribution in [0.1, 0.15) is 10.4 Å². The molecule has 0 aromatic heterocycles. The van der Waals surface area contributed by atoms with Gasteiger partial charge in [-0.15, -0.1) is 0 Å². The summed E-state index contributed by atoms with van der Waals surface area (Å²) in [6.07, 6.45) is 0. The molecular formula is C10H8FNO3. The van der Waals surface area contributed by atoms with Crippen LogP contribution in [-0.2, 0) is 9.53 Å². The van der Waals surface area contributed by atoms with Crippen LogP contribution in [0.15, 0.2) is 36.5 Å². The van der Waals surface area contributed by atoms with E-state index in [2.05, 4.69) is 11.3 Å². The highest BCUT2D eigenvalue weighted by Crippen LogP contribution is 2.08. The van der Waals surface area contributed by atoms with Crippen LogP contribution in [0.5, 0.6) is 0 Å². The number of carbonyl (C=O) groups excluding carboxylic acids is 2. The number of hydrogen-bond donors (Lipinski definition) is 1. The van der Waals surface area contributed by atoms with Crippen LogP contribution < -0.4 is 5.73 Å². The second-order valence-corrected chi connectivity index (χ2v) is 2.68. The van der Waals surface area contributed by atoms with E-state index in [4.69, 9.17) is 5.73 Å². The van der Waals surface area contributed by atoms with Crippen LogP contribution in [0.4, 0.5) is 4.39 Å². The molecule has 0 heterocycles. The molecule has 15 heavy (non-hydrogen) atoms. The molecule has 4 nitrogen and oxygen atoms in total. The van der Waals surface area contributed by atoms with Crippen LogP contribution in [0.2, 0.25) is 0 Å². The van der Waals surface area contributed by atoms with E-state index in [0.717, 1.165) is 6.07 Å². The van der Waals surface area contributed by atoms with Gasteiger partial charge in [0.15, 0.2) is 0 Å². The number of hydrogen-bond acceptors (Lipinski definition) is 4. The first-order valence-corrected chi connectivity index (χ1v) is 3.98. The summed E-state index contributed by atoms with van der Waals surface area (Å²) in [5.41, 5.74) is 4.24. The van der Waals surface area contributed by atoms with Crippen molar-refractivity contribution in [2.24, 2.45) is 5.73 Å². The zero-order valence-electron chi connectivity index (χ0n) is 7.70. The van der Waals surface area contributed by atoms with E-state index in [1.54, 1.807) is 0 Å². The third-order valence-corrected chi connectivity index (χ3v) is 1.54. The molecule has 0 radical (unpaired) electrons. The molecule has 0 atom stereocenters. The molecule has 0 saturated carbocycles. The minimum atomic E-state index is -1.09. The quantitative estimate of drug-likeness (QED) is 0.448. The lowest BCUT2D eigenvalue weighted by Gasteiger charge is -2.02. The molecular weight excluding hydrogens is 201 g/mol. The number of carbonyl (C=O) groups is 2.